The van der Waals surface area contributed by atoms with Crippen LogP contribution in [0.3, 0.4) is 0 Å². The van der Waals surface area contributed by atoms with Gasteiger partial charge in [0.15, 0.2) is 17.3 Å². The third kappa shape index (κ3) is 3.89. The number of alkyl halides is 3. The molecule has 2 aromatic heterocycles. The molecule has 0 spiro atoms. The number of ether oxygens (including phenoxy) is 3. The first-order chi connectivity index (χ1) is 16.2. The zero-order valence-electron chi connectivity index (χ0n) is 18.7. The number of methoxy groups -OCH3 is 3. The van der Waals surface area contributed by atoms with E-state index in [0.29, 0.717) is 34.1 Å². The van der Waals surface area contributed by atoms with E-state index < -0.39 is 12.1 Å². The predicted octanol–water partition coefficient (Wildman–Crippen LogP) is 4.76. The van der Waals surface area contributed by atoms with Crippen LogP contribution in [0.4, 0.5) is 19.0 Å². The minimum atomic E-state index is -5.08. The van der Waals surface area contributed by atoms with Crippen molar-refractivity contribution in [3.05, 3.63) is 42.6 Å². The second kappa shape index (κ2) is 8.65. The van der Waals surface area contributed by atoms with Crippen LogP contribution in [0.5, 0.6) is 17.2 Å². The Kier molecular flexibility index (Phi) is 5.86. The zero-order valence-corrected chi connectivity index (χ0v) is 18.7. The van der Waals surface area contributed by atoms with Crippen LogP contribution >= 0.6 is 0 Å². The van der Waals surface area contributed by atoms with Crippen LogP contribution in [0.15, 0.2) is 42.6 Å². The number of carbonyl (C=O) groups is 1. The Balaban J connectivity index is 1.99. The lowest BCUT2D eigenvalue weighted by Crippen LogP contribution is -2.30. The van der Waals surface area contributed by atoms with Gasteiger partial charge in [-0.2, -0.15) is 18.3 Å². The average molecular weight is 474 g/mol. The molecule has 0 aliphatic rings. The number of aromatic amines is 1. The predicted molar refractivity (Wildman–Crippen MR) is 120 cm³/mol. The van der Waals surface area contributed by atoms with Gasteiger partial charge in [-0.15, -0.1) is 0 Å². The quantitative estimate of drug-likeness (QED) is 0.421. The second-order valence-corrected chi connectivity index (χ2v) is 7.36. The van der Waals surface area contributed by atoms with Crippen LogP contribution in [0, 0.1) is 0 Å². The summed E-state index contributed by atoms with van der Waals surface area (Å²) in [5, 5.41) is 9.44. The van der Waals surface area contributed by atoms with Crippen LogP contribution in [-0.4, -0.2) is 48.2 Å². The summed E-state index contributed by atoms with van der Waals surface area (Å²) in [6.07, 6.45) is -3.32. The van der Waals surface area contributed by atoms with Crippen molar-refractivity contribution in [3.8, 4) is 39.6 Å². The maximum absolute atomic E-state index is 13.0. The topological polar surface area (TPSA) is 90.4 Å². The number of hydrogen-bond donors (Lipinski definition) is 2. The van der Waals surface area contributed by atoms with Gasteiger partial charge in [-0.05, 0) is 18.2 Å². The summed E-state index contributed by atoms with van der Waals surface area (Å²) in [5.41, 5.74) is 2.56. The number of aromatic nitrogens is 3. The SMILES string of the molecule is COc1cc(-c2[nH]nc(NC(=O)C(F)(F)F)c2-c2cn(C)c3ccccc23)cc(OC)c1OC. The number of halogens is 3. The number of benzene rings is 2. The van der Waals surface area contributed by atoms with Gasteiger partial charge in [0.2, 0.25) is 5.75 Å². The maximum Gasteiger partial charge on any atom is 0.471 e. The molecule has 0 aliphatic carbocycles. The van der Waals surface area contributed by atoms with Crippen molar-refractivity contribution in [2.24, 2.45) is 7.05 Å². The Hall–Kier alpha value is -4.15. The van der Waals surface area contributed by atoms with Gasteiger partial charge in [0.05, 0.1) is 32.6 Å². The number of H-pyrrole nitrogens is 1. The largest absolute Gasteiger partial charge is 0.493 e. The van der Waals surface area contributed by atoms with Crippen LogP contribution in [0.25, 0.3) is 33.3 Å². The van der Waals surface area contributed by atoms with Gasteiger partial charge >= 0.3 is 12.1 Å². The molecule has 0 bridgehead atoms. The Morgan fingerprint density at radius 1 is 1.06 bits per heavy atom. The zero-order chi connectivity index (χ0) is 24.6. The van der Waals surface area contributed by atoms with E-state index >= 15 is 0 Å². The number of amides is 1. The third-order valence-electron chi connectivity index (χ3n) is 5.38. The van der Waals surface area contributed by atoms with Gasteiger partial charge in [-0.3, -0.25) is 9.89 Å². The van der Waals surface area contributed by atoms with Gasteiger partial charge in [0, 0.05) is 35.3 Å². The summed E-state index contributed by atoms with van der Waals surface area (Å²) < 4.78 is 57.1. The minimum Gasteiger partial charge on any atom is -0.493 e. The molecule has 34 heavy (non-hydrogen) atoms. The first-order valence-corrected chi connectivity index (χ1v) is 10.0. The number of nitrogens with one attached hydrogen (secondary N) is 2. The average Bonchev–Trinajstić information content (AvgIpc) is 3.38. The maximum atomic E-state index is 13.0. The fourth-order valence-electron chi connectivity index (χ4n) is 3.85. The highest BCUT2D eigenvalue weighted by molar-refractivity contribution is 6.06. The van der Waals surface area contributed by atoms with Crippen molar-refractivity contribution in [1.29, 1.82) is 0 Å². The van der Waals surface area contributed by atoms with Crippen molar-refractivity contribution in [3.63, 3.8) is 0 Å². The standard InChI is InChI=1S/C23H21F3N4O4/c1-30-11-14(13-7-5-6-8-15(13)30)18-19(28-29-21(18)27-22(31)23(24,25)26)12-9-16(32-2)20(34-4)17(10-12)33-3/h5-11H,1-4H3,(H2,27,28,29,31). The summed E-state index contributed by atoms with van der Waals surface area (Å²) in [5.74, 6) is -1.35. The molecule has 2 N–H and O–H groups in total. The lowest BCUT2D eigenvalue weighted by Gasteiger charge is -2.14. The van der Waals surface area contributed by atoms with Crippen molar-refractivity contribution in [2.45, 2.75) is 6.18 Å². The van der Waals surface area contributed by atoms with Crippen molar-refractivity contribution >= 4 is 22.6 Å². The van der Waals surface area contributed by atoms with E-state index in [1.807, 2.05) is 41.2 Å². The summed E-state index contributed by atoms with van der Waals surface area (Å²) >= 11 is 0. The van der Waals surface area contributed by atoms with Crippen molar-refractivity contribution < 1.29 is 32.2 Å². The van der Waals surface area contributed by atoms with E-state index in [0.717, 1.165) is 10.9 Å². The molecule has 0 radical (unpaired) electrons. The summed E-state index contributed by atoms with van der Waals surface area (Å²) in [6.45, 7) is 0. The number of nitrogens with zero attached hydrogens (tertiary/aromatic N) is 2. The highest BCUT2D eigenvalue weighted by atomic mass is 19.4. The minimum absolute atomic E-state index is 0.262. The van der Waals surface area contributed by atoms with Crippen molar-refractivity contribution in [1.82, 2.24) is 14.8 Å². The van der Waals surface area contributed by atoms with E-state index in [2.05, 4.69) is 10.2 Å². The Bertz CT molecular complexity index is 1350. The van der Waals surface area contributed by atoms with Crippen molar-refractivity contribution in [2.75, 3.05) is 26.6 Å². The molecule has 0 unspecified atom stereocenters. The monoisotopic (exact) mass is 474 g/mol. The van der Waals surface area contributed by atoms with Crippen LogP contribution in [-0.2, 0) is 11.8 Å². The van der Waals surface area contributed by atoms with Crippen LogP contribution in [0.2, 0.25) is 0 Å². The summed E-state index contributed by atoms with van der Waals surface area (Å²) in [6, 6.07) is 10.7. The molecule has 11 heteroatoms. The lowest BCUT2D eigenvalue weighted by molar-refractivity contribution is -0.167. The van der Waals surface area contributed by atoms with Gasteiger partial charge < -0.3 is 24.1 Å². The van der Waals surface area contributed by atoms with Gasteiger partial charge in [0.25, 0.3) is 0 Å². The number of carbonyl (C=O) groups excluding carboxylic acids is 1. The molecule has 178 valence electrons. The summed E-state index contributed by atoms with van der Waals surface area (Å²) in [4.78, 5) is 11.8. The molecule has 8 nitrogen and oxygen atoms in total. The van der Waals surface area contributed by atoms with E-state index in [-0.39, 0.29) is 11.4 Å². The van der Waals surface area contributed by atoms with E-state index in [4.69, 9.17) is 14.2 Å². The number of anilines is 1. The van der Waals surface area contributed by atoms with E-state index in [1.165, 1.54) is 21.3 Å². The Labute approximate surface area is 192 Å². The van der Waals surface area contributed by atoms with E-state index in [9.17, 15) is 18.0 Å². The fraction of sp³-hybridized carbons (Fsp3) is 0.217. The van der Waals surface area contributed by atoms with E-state index in [1.54, 1.807) is 18.3 Å². The van der Waals surface area contributed by atoms with Crippen LogP contribution < -0.4 is 19.5 Å². The lowest BCUT2D eigenvalue weighted by atomic mass is 9.99. The Morgan fingerprint density at radius 2 is 1.71 bits per heavy atom. The molecule has 0 aliphatic heterocycles. The van der Waals surface area contributed by atoms with Gasteiger partial charge in [-0.1, -0.05) is 18.2 Å². The van der Waals surface area contributed by atoms with Crippen LogP contribution in [0.1, 0.15) is 0 Å². The normalized spacial score (nSPS) is 11.5. The smallest absolute Gasteiger partial charge is 0.471 e. The first-order valence-electron chi connectivity index (χ1n) is 10.0. The molecule has 1 amide bonds. The number of aryl methyl sites for hydroxylation is 1. The first kappa shape index (κ1) is 23.0. The molecule has 4 rings (SSSR count). The number of fused-ring (bicyclic) bond motifs is 1. The molecule has 0 atom stereocenters. The second-order valence-electron chi connectivity index (χ2n) is 7.36. The molecule has 2 aromatic carbocycles. The molecule has 0 saturated heterocycles. The molecule has 4 aromatic rings. The summed E-state index contributed by atoms with van der Waals surface area (Å²) in [7, 11) is 6.19. The number of hydrogen-bond acceptors (Lipinski definition) is 5. The van der Waals surface area contributed by atoms with Gasteiger partial charge in [0.1, 0.15) is 0 Å². The molecular formula is C23H21F3N4O4. The number of para-hydroxylation sites is 1. The molecular weight excluding hydrogens is 453 g/mol. The fourth-order valence-corrected chi connectivity index (χ4v) is 3.85. The Morgan fingerprint density at radius 3 is 2.29 bits per heavy atom. The highest BCUT2D eigenvalue weighted by Crippen LogP contribution is 2.45. The molecule has 0 saturated carbocycles. The molecule has 0 fully saturated rings. The number of rotatable bonds is 6. The molecule has 2 heterocycles. The third-order valence-corrected chi connectivity index (χ3v) is 5.38. The highest BCUT2D eigenvalue weighted by Gasteiger charge is 2.40. The van der Waals surface area contributed by atoms with Gasteiger partial charge in [-0.25, -0.2) is 0 Å².